The SMILES string of the molecule is COCCNc1c(-c2ccc(F)cc2)nc2sc(C(=O)N3CCN(C)CC3)c(C)n12. The molecule has 1 saturated heterocycles. The van der Waals surface area contributed by atoms with Crippen molar-refractivity contribution >= 4 is 28.0 Å². The summed E-state index contributed by atoms with van der Waals surface area (Å²) in [6.45, 7) is 6.30. The Kier molecular flexibility index (Phi) is 6.03. The van der Waals surface area contributed by atoms with Gasteiger partial charge in [0.1, 0.15) is 22.2 Å². The van der Waals surface area contributed by atoms with E-state index in [9.17, 15) is 9.18 Å². The van der Waals surface area contributed by atoms with Crippen molar-refractivity contribution in [1.29, 1.82) is 0 Å². The topological polar surface area (TPSA) is 62.1 Å². The third-order valence-corrected chi connectivity index (χ3v) is 6.54. The van der Waals surface area contributed by atoms with Crippen molar-refractivity contribution < 1.29 is 13.9 Å². The second-order valence-corrected chi connectivity index (χ2v) is 8.44. The normalized spacial score (nSPS) is 15.1. The van der Waals surface area contributed by atoms with Crippen LogP contribution in [0, 0.1) is 12.7 Å². The zero-order valence-corrected chi connectivity index (χ0v) is 18.3. The number of ether oxygens (including phenoxy) is 1. The van der Waals surface area contributed by atoms with Crippen molar-refractivity contribution in [2.45, 2.75) is 6.92 Å². The van der Waals surface area contributed by atoms with Crippen LogP contribution in [-0.4, -0.2) is 78.6 Å². The van der Waals surface area contributed by atoms with E-state index in [0.29, 0.717) is 18.0 Å². The lowest BCUT2D eigenvalue weighted by Crippen LogP contribution is -2.47. The summed E-state index contributed by atoms with van der Waals surface area (Å²) in [6, 6.07) is 6.29. The first-order chi connectivity index (χ1) is 14.5. The molecular formula is C21H26FN5O2S. The van der Waals surface area contributed by atoms with Gasteiger partial charge in [-0.15, -0.1) is 0 Å². The fraction of sp³-hybridized carbons (Fsp3) is 0.429. The van der Waals surface area contributed by atoms with Gasteiger partial charge >= 0.3 is 0 Å². The number of hydrogen-bond donors (Lipinski definition) is 1. The number of carbonyl (C=O) groups is 1. The molecule has 1 aliphatic heterocycles. The number of anilines is 1. The van der Waals surface area contributed by atoms with Gasteiger partial charge in [0.25, 0.3) is 5.91 Å². The number of amides is 1. The summed E-state index contributed by atoms with van der Waals surface area (Å²) in [4.78, 5) is 23.5. The van der Waals surface area contributed by atoms with Crippen LogP contribution in [0.5, 0.6) is 0 Å². The van der Waals surface area contributed by atoms with E-state index in [-0.39, 0.29) is 11.7 Å². The largest absolute Gasteiger partial charge is 0.383 e. The molecule has 4 rings (SSSR count). The summed E-state index contributed by atoms with van der Waals surface area (Å²) >= 11 is 1.40. The molecule has 1 aromatic carbocycles. The number of likely N-dealkylation sites (N-methyl/N-ethyl adjacent to an activating group) is 1. The summed E-state index contributed by atoms with van der Waals surface area (Å²) in [6.07, 6.45) is 0. The molecule has 30 heavy (non-hydrogen) atoms. The van der Waals surface area contributed by atoms with Crippen LogP contribution in [0.1, 0.15) is 15.4 Å². The molecule has 1 fully saturated rings. The molecule has 0 radical (unpaired) electrons. The Morgan fingerprint density at radius 3 is 2.60 bits per heavy atom. The molecule has 0 atom stereocenters. The molecule has 3 aromatic rings. The second kappa shape index (κ2) is 8.71. The molecule has 0 saturated carbocycles. The Bertz CT molecular complexity index is 1040. The van der Waals surface area contributed by atoms with Gasteiger partial charge < -0.3 is 19.9 Å². The van der Waals surface area contributed by atoms with E-state index in [0.717, 1.165) is 53.9 Å². The number of nitrogens with zero attached hydrogens (tertiary/aromatic N) is 4. The van der Waals surface area contributed by atoms with Gasteiger partial charge in [-0.3, -0.25) is 9.20 Å². The Balaban J connectivity index is 1.73. The third kappa shape index (κ3) is 3.92. The molecule has 1 N–H and O–H groups in total. The number of fused-ring (bicyclic) bond motifs is 1. The minimum atomic E-state index is -0.287. The lowest BCUT2D eigenvalue weighted by Gasteiger charge is -2.32. The summed E-state index contributed by atoms with van der Waals surface area (Å²) in [5.74, 6) is 0.562. The fourth-order valence-corrected chi connectivity index (χ4v) is 4.74. The molecular weight excluding hydrogens is 405 g/mol. The highest BCUT2D eigenvalue weighted by Gasteiger charge is 2.27. The average molecular weight is 432 g/mol. The van der Waals surface area contributed by atoms with E-state index in [4.69, 9.17) is 9.72 Å². The lowest BCUT2D eigenvalue weighted by atomic mass is 10.1. The number of benzene rings is 1. The number of nitrogens with one attached hydrogen (secondary N) is 1. The number of aryl methyl sites for hydroxylation is 1. The predicted octanol–water partition coefficient (Wildman–Crippen LogP) is 2.96. The van der Waals surface area contributed by atoms with Gasteiger partial charge in [0.05, 0.1) is 6.61 Å². The molecule has 2 aromatic heterocycles. The quantitative estimate of drug-likeness (QED) is 0.608. The van der Waals surface area contributed by atoms with Crippen molar-refractivity contribution in [2.24, 2.45) is 0 Å². The number of rotatable bonds is 6. The number of halogens is 1. The van der Waals surface area contributed by atoms with Crippen LogP contribution in [0.25, 0.3) is 16.2 Å². The van der Waals surface area contributed by atoms with Crippen molar-refractivity contribution in [3.63, 3.8) is 0 Å². The maximum Gasteiger partial charge on any atom is 0.265 e. The van der Waals surface area contributed by atoms with Crippen molar-refractivity contribution in [3.05, 3.63) is 40.7 Å². The smallest absolute Gasteiger partial charge is 0.265 e. The monoisotopic (exact) mass is 431 g/mol. The van der Waals surface area contributed by atoms with E-state index in [1.165, 1.54) is 23.5 Å². The Morgan fingerprint density at radius 1 is 1.23 bits per heavy atom. The van der Waals surface area contributed by atoms with Gasteiger partial charge in [-0.2, -0.15) is 0 Å². The molecule has 9 heteroatoms. The Hall–Kier alpha value is -2.49. The first-order valence-electron chi connectivity index (χ1n) is 9.98. The highest BCUT2D eigenvalue weighted by atomic mass is 32.1. The van der Waals surface area contributed by atoms with E-state index < -0.39 is 0 Å². The van der Waals surface area contributed by atoms with Crippen LogP contribution in [0.3, 0.4) is 0 Å². The zero-order valence-electron chi connectivity index (χ0n) is 17.4. The minimum Gasteiger partial charge on any atom is -0.383 e. The molecule has 3 heterocycles. The molecule has 1 aliphatic rings. The summed E-state index contributed by atoms with van der Waals surface area (Å²) in [7, 11) is 3.72. The Labute approximate surface area is 179 Å². The minimum absolute atomic E-state index is 0.0577. The van der Waals surface area contributed by atoms with Crippen molar-refractivity contribution in [3.8, 4) is 11.3 Å². The van der Waals surface area contributed by atoms with Crippen LogP contribution >= 0.6 is 11.3 Å². The van der Waals surface area contributed by atoms with Crippen LogP contribution in [0.4, 0.5) is 10.2 Å². The van der Waals surface area contributed by atoms with Gasteiger partial charge in [0, 0.05) is 51.1 Å². The highest BCUT2D eigenvalue weighted by Crippen LogP contribution is 2.35. The van der Waals surface area contributed by atoms with E-state index >= 15 is 0 Å². The van der Waals surface area contributed by atoms with Crippen molar-refractivity contribution in [1.82, 2.24) is 19.2 Å². The van der Waals surface area contributed by atoms with E-state index in [1.54, 1.807) is 19.2 Å². The van der Waals surface area contributed by atoms with Gasteiger partial charge in [0.15, 0.2) is 4.96 Å². The molecule has 0 bridgehead atoms. The molecule has 0 spiro atoms. The lowest BCUT2D eigenvalue weighted by molar-refractivity contribution is 0.0668. The summed E-state index contributed by atoms with van der Waals surface area (Å²) in [5, 5.41) is 3.39. The number of piperazine rings is 1. The molecule has 1 amide bonds. The number of aromatic nitrogens is 2. The second-order valence-electron chi connectivity index (χ2n) is 7.47. The number of hydrogen-bond acceptors (Lipinski definition) is 6. The number of carbonyl (C=O) groups excluding carboxylic acids is 1. The standard InChI is InChI=1S/C21H26FN5O2S/c1-14-18(20(28)26-11-9-25(2)10-12-26)30-21-24-17(15-4-6-16(22)7-5-15)19(27(14)21)23-8-13-29-3/h4-7,23H,8-13H2,1-3H3. The third-order valence-electron chi connectivity index (χ3n) is 5.41. The van der Waals surface area contributed by atoms with Gasteiger partial charge in [-0.25, -0.2) is 9.37 Å². The van der Waals surface area contributed by atoms with Gasteiger partial charge in [-0.05, 0) is 38.2 Å². The van der Waals surface area contributed by atoms with Crippen LogP contribution < -0.4 is 5.32 Å². The first-order valence-corrected chi connectivity index (χ1v) is 10.8. The van der Waals surface area contributed by atoms with Crippen molar-refractivity contribution in [2.75, 3.05) is 58.8 Å². The average Bonchev–Trinajstić information content (AvgIpc) is 3.26. The summed E-state index contributed by atoms with van der Waals surface area (Å²) in [5.41, 5.74) is 2.41. The first kappa shape index (κ1) is 20.8. The van der Waals surface area contributed by atoms with Gasteiger partial charge in [-0.1, -0.05) is 11.3 Å². The zero-order chi connectivity index (χ0) is 21.3. The molecule has 0 aliphatic carbocycles. The molecule has 0 unspecified atom stereocenters. The maximum absolute atomic E-state index is 13.4. The van der Waals surface area contributed by atoms with Crippen LogP contribution in [0.15, 0.2) is 24.3 Å². The maximum atomic E-state index is 13.4. The number of thiazole rings is 1. The number of methoxy groups -OCH3 is 1. The fourth-order valence-electron chi connectivity index (χ4n) is 3.64. The molecule has 160 valence electrons. The summed E-state index contributed by atoms with van der Waals surface area (Å²) < 4.78 is 20.6. The Morgan fingerprint density at radius 2 is 1.93 bits per heavy atom. The van der Waals surface area contributed by atoms with Crippen LogP contribution in [0.2, 0.25) is 0 Å². The van der Waals surface area contributed by atoms with E-state index in [1.807, 2.05) is 16.2 Å². The highest BCUT2D eigenvalue weighted by molar-refractivity contribution is 7.19. The van der Waals surface area contributed by atoms with Gasteiger partial charge in [0.2, 0.25) is 0 Å². The van der Waals surface area contributed by atoms with E-state index in [2.05, 4.69) is 17.3 Å². The number of imidazole rings is 1. The van der Waals surface area contributed by atoms with Crippen LogP contribution in [-0.2, 0) is 4.74 Å². The molecule has 7 nitrogen and oxygen atoms in total. The predicted molar refractivity (Wildman–Crippen MR) is 117 cm³/mol.